The van der Waals surface area contributed by atoms with E-state index in [2.05, 4.69) is 5.32 Å². The topological polar surface area (TPSA) is 55.1 Å². The molecule has 98 valence electrons. The Hall–Kier alpha value is -1.91. The van der Waals surface area contributed by atoms with Crippen LogP contribution in [0.25, 0.3) is 0 Å². The third kappa shape index (κ3) is 3.30. The standard InChI is InChI=1S/C14H12ClFN2O/c15-10-6-7-11(16)12(8-10)18-14(19)13(17)9-4-2-1-3-5-9/h1-8,13H,17H2,(H,18,19). The number of halogens is 2. The SMILES string of the molecule is NC(C(=O)Nc1cc(Cl)ccc1F)c1ccccc1. The van der Waals surface area contributed by atoms with Crippen LogP contribution < -0.4 is 11.1 Å². The first kappa shape index (κ1) is 13.5. The normalized spacial score (nSPS) is 11.9. The number of nitrogens with two attached hydrogens (primary N) is 1. The Morgan fingerprint density at radius 2 is 1.89 bits per heavy atom. The van der Waals surface area contributed by atoms with Crippen LogP contribution in [0, 0.1) is 5.82 Å². The number of rotatable bonds is 3. The minimum atomic E-state index is -0.861. The van der Waals surface area contributed by atoms with Gasteiger partial charge in [0.15, 0.2) is 0 Å². The third-order valence-corrected chi connectivity index (χ3v) is 2.86. The minimum Gasteiger partial charge on any atom is -0.322 e. The number of carbonyl (C=O) groups excluding carboxylic acids is 1. The van der Waals surface area contributed by atoms with Gasteiger partial charge in [0.2, 0.25) is 5.91 Å². The number of hydrogen-bond acceptors (Lipinski definition) is 2. The Morgan fingerprint density at radius 3 is 2.58 bits per heavy atom. The first-order chi connectivity index (χ1) is 9.08. The van der Waals surface area contributed by atoms with Gasteiger partial charge in [0.25, 0.3) is 0 Å². The summed E-state index contributed by atoms with van der Waals surface area (Å²) in [6, 6.07) is 11.9. The Kier molecular flexibility index (Phi) is 4.14. The average molecular weight is 279 g/mol. The van der Waals surface area contributed by atoms with E-state index in [1.807, 2.05) is 6.07 Å². The van der Waals surface area contributed by atoms with Crippen molar-refractivity contribution < 1.29 is 9.18 Å². The van der Waals surface area contributed by atoms with Crippen LogP contribution >= 0.6 is 11.6 Å². The minimum absolute atomic E-state index is 0.0175. The molecule has 2 aromatic carbocycles. The molecule has 3 nitrogen and oxygen atoms in total. The van der Waals surface area contributed by atoms with Gasteiger partial charge in [-0.05, 0) is 23.8 Å². The van der Waals surface area contributed by atoms with Crippen LogP contribution in [0.5, 0.6) is 0 Å². The van der Waals surface area contributed by atoms with E-state index in [0.717, 1.165) is 0 Å². The zero-order chi connectivity index (χ0) is 13.8. The lowest BCUT2D eigenvalue weighted by Crippen LogP contribution is -2.28. The molecule has 0 aliphatic rings. The van der Waals surface area contributed by atoms with Gasteiger partial charge in [-0.3, -0.25) is 4.79 Å². The Labute approximate surface area is 115 Å². The van der Waals surface area contributed by atoms with Gasteiger partial charge >= 0.3 is 0 Å². The molecule has 1 atom stereocenters. The summed E-state index contributed by atoms with van der Waals surface area (Å²) in [7, 11) is 0. The zero-order valence-electron chi connectivity index (χ0n) is 9.94. The van der Waals surface area contributed by atoms with Crippen molar-refractivity contribution in [1.29, 1.82) is 0 Å². The largest absolute Gasteiger partial charge is 0.322 e. The Balaban J connectivity index is 2.15. The van der Waals surface area contributed by atoms with E-state index in [9.17, 15) is 9.18 Å². The van der Waals surface area contributed by atoms with Gasteiger partial charge in [-0.1, -0.05) is 41.9 Å². The van der Waals surface area contributed by atoms with Crippen LogP contribution in [0.1, 0.15) is 11.6 Å². The van der Waals surface area contributed by atoms with Crippen LogP contribution in [-0.2, 0) is 4.79 Å². The number of benzene rings is 2. The molecule has 19 heavy (non-hydrogen) atoms. The zero-order valence-corrected chi connectivity index (χ0v) is 10.7. The van der Waals surface area contributed by atoms with E-state index in [-0.39, 0.29) is 5.69 Å². The van der Waals surface area contributed by atoms with Crippen molar-refractivity contribution in [3.8, 4) is 0 Å². The van der Waals surface area contributed by atoms with E-state index in [1.54, 1.807) is 24.3 Å². The van der Waals surface area contributed by atoms with Crippen LogP contribution in [0.3, 0.4) is 0 Å². The molecule has 5 heteroatoms. The lowest BCUT2D eigenvalue weighted by Gasteiger charge is -2.13. The van der Waals surface area contributed by atoms with Gasteiger partial charge < -0.3 is 11.1 Å². The monoisotopic (exact) mass is 278 g/mol. The number of anilines is 1. The summed E-state index contributed by atoms with van der Waals surface area (Å²) in [6.07, 6.45) is 0. The van der Waals surface area contributed by atoms with Gasteiger partial charge in [0.05, 0.1) is 5.69 Å². The number of nitrogens with one attached hydrogen (secondary N) is 1. The predicted molar refractivity (Wildman–Crippen MR) is 73.4 cm³/mol. The van der Waals surface area contributed by atoms with Gasteiger partial charge in [-0.25, -0.2) is 4.39 Å². The fraction of sp³-hybridized carbons (Fsp3) is 0.0714. The summed E-state index contributed by atoms with van der Waals surface area (Å²) in [6.45, 7) is 0. The number of carbonyl (C=O) groups is 1. The lowest BCUT2D eigenvalue weighted by molar-refractivity contribution is -0.117. The smallest absolute Gasteiger partial charge is 0.245 e. The molecule has 1 unspecified atom stereocenters. The predicted octanol–water partition coefficient (Wildman–Crippen LogP) is 3.12. The summed E-state index contributed by atoms with van der Waals surface area (Å²) in [5.41, 5.74) is 6.48. The second-order valence-corrected chi connectivity index (χ2v) is 4.44. The summed E-state index contributed by atoms with van der Waals surface area (Å²) < 4.78 is 13.5. The molecule has 3 N–H and O–H groups in total. The summed E-state index contributed by atoms with van der Waals surface area (Å²) in [5, 5.41) is 2.76. The number of amides is 1. The van der Waals surface area contributed by atoms with Crippen molar-refractivity contribution in [1.82, 2.24) is 0 Å². The highest BCUT2D eigenvalue weighted by Crippen LogP contribution is 2.21. The first-order valence-corrected chi connectivity index (χ1v) is 6.02. The van der Waals surface area contributed by atoms with E-state index in [1.165, 1.54) is 18.2 Å². The molecule has 0 fully saturated rings. The van der Waals surface area contributed by atoms with Crippen molar-refractivity contribution in [2.24, 2.45) is 5.73 Å². The molecule has 0 heterocycles. The molecule has 0 aliphatic carbocycles. The molecule has 0 saturated heterocycles. The van der Waals surface area contributed by atoms with Crippen molar-refractivity contribution >= 4 is 23.2 Å². The highest BCUT2D eigenvalue weighted by molar-refractivity contribution is 6.30. The first-order valence-electron chi connectivity index (χ1n) is 5.64. The molecule has 0 aromatic heterocycles. The van der Waals surface area contributed by atoms with E-state index in [4.69, 9.17) is 17.3 Å². The summed E-state index contributed by atoms with van der Waals surface area (Å²) in [5.74, 6) is -1.05. The highest BCUT2D eigenvalue weighted by atomic mass is 35.5. The molecule has 0 aliphatic heterocycles. The molecule has 0 saturated carbocycles. The molecule has 2 rings (SSSR count). The molecule has 2 aromatic rings. The number of hydrogen-bond donors (Lipinski definition) is 2. The van der Waals surface area contributed by atoms with Crippen molar-refractivity contribution in [3.05, 3.63) is 64.9 Å². The van der Waals surface area contributed by atoms with Crippen LogP contribution in [-0.4, -0.2) is 5.91 Å². The van der Waals surface area contributed by atoms with Gasteiger partial charge in [-0.15, -0.1) is 0 Å². The van der Waals surface area contributed by atoms with Crippen LogP contribution in [0.15, 0.2) is 48.5 Å². The average Bonchev–Trinajstić information content (AvgIpc) is 2.43. The summed E-state index contributed by atoms with van der Waals surface area (Å²) in [4.78, 5) is 11.9. The highest BCUT2D eigenvalue weighted by Gasteiger charge is 2.17. The second kappa shape index (κ2) is 5.82. The maximum absolute atomic E-state index is 13.5. The Morgan fingerprint density at radius 1 is 1.21 bits per heavy atom. The van der Waals surface area contributed by atoms with Crippen LogP contribution in [0.4, 0.5) is 10.1 Å². The van der Waals surface area contributed by atoms with Gasteiger partial charge in [0.1, 0.15) is 11.9 Å². The molecular weight excluding hydrogens is 267 g/mol. The van der Waals surface area contributed by atoms with E-state index < -0.39 is 17.8 Å². The quantitative estimate of drug-likeness (QED) is 0.906. The van der Waals surface area contributed by atoms with Crippen molar-refractivity contribution in [2.75, 3.05) is 5.32 Å². The van der Waals surface area contributed by atoms with Gasteiger partial charge in [-0.2, -0.15) is 0 Å². The maximum atomic E-state index is 13.5. The van der Waals surface area contributed by atoms with Crippen molar-refractivity contribution in [2.45, 2.75) is 6.04 Å². The third-order valence-electron chi connectivity index (χ3n) is 2.63. The fourth-order valence-corrected chi connectivity index (χ4v) is 1.79. The molecule has 0 radical (unpaired) electrons. The fourth-order valence-electron chi connectivity index (χ4n) is 1.62. The second-order valence-electron chi connectivity index (χ2n) is 4.00. The Bertz CT molecular complexity index is 589. The van der Waals surface area contributed by atoms with Gasteiger partial charge in [0, 0.05) is 5.02 Å². The van der Waals surface area contributed by atoms with Crippen LogP contribution in [0.2, 0.25) is 5.02 Å². The van der Waals surface area contributed by atoms with E-state index in [0.29, 0.717) is 10.6 Å². The van der Waals surface area contributed by atoms with Crippen molar-refractivity contribution in [3.63, 3.8) is 0 Å². The maximum Gasteiger partial charge on any atom is 0.245 e. The summed E-state index contributed by atoms with van der Waals surface area (Å²) >= 11 is 5.75. The molecule has 0 spiro atoms. The lowest BCUT2D eigenvalue weighted by atomic mass is 10.1. The van der Waals surface area contributed by atoms with E-state index >= 15 is 0 Å². The molecular formula is C14H12ClFN2O. The molecule has 1 amide bonds. The molecule has 0 bridgehead atoms.